The molecule has 0 amide bonds. The zero-order chi connectivity index (χ0) is 10.4. The topological polar surface area (TPSA) is 38.0 Å². The van der Waals surface area contributed by atoms with Crippen molar-refractivity contribution in [1.29, 1.82) is 0 Å². The minimum absolute atomic E-state index is 0.219. The lowest BCUT2D eigenvalue weighted by Crippen LogP contribution is -2.18. The molecule has 0 saturated heterocycles. The van der Waals surface area contributed by atoms with E-state index >= 15 is 0 Å². The van der Waals surface area contributed by atoms with E-state index in [9.17, 15) is 4.39 Å². The Morgan fingerprint density at radius 2 is 2.21 bits per heavy atom. The first-order valence-electron chi connectivity index (χ1n) is 4.59. The maximum absolute atomic E-state index is 13.1. The molecule has 0 saturated carbocycles. The van der Waals surface area contributed by atoms with Crippen molar-refractivity contribution in [1.82, 2.24) is 5.32 Å². The Morgan fingerprint density at radius 3 is 2.93 bits per heavy atom. The number of hydrogen-bond donors (Lipinski definition) is 2. The molecule has 14 heavy (non-hydrogen) atoms. The molecule has 0 aromatic heterocycles. The van der Waals surface area contributed by atoms with Crippen molar-refractivity contribution in [3.63, 3.8) is 0 Å². The van der Waals surface area contributed by atoms with Gasteiger partial charge in [0.05, 0.1) is 4.47 Å². The minimum atomic E-state index is -0.219. The summed E-state index contributed by atoms with van der Waals surface area (Å²) < 4.78 is 13.6. The second kappa shape index (κ2) is 6.11. The van der Waals surface area contributed by atoms with E-state index in [-0.39, 0.29) is 5.82 Å². The largest absolute Gasteiger partial charge is 0.330 e. The Bertz CT molecular complexity index is 291. The molecule has 3 N–H and O–H groups in total. The van der Waals surface area contributed by atoms with Crippen molar-refractivity contribution in [3.8, 4) is 0 Å². The van der Waals surface area contributed by atoms with Gasteiger partial charge in [-0.2, -0.15) is 0 Å². The van der Waals surface area contributed by atoms with Crippen molar-refractivity contribution < 1.29 is 4.39 Å². The van der Waals surface area contributed by atoms with Gasteiger partial charge >= 0.3 is 0 Å². The van der Waals surface area contributed by atoms with Gasteiger partial charge in [0.15, 0.2) is 0 Å². The summed E-state index contributed by atoms with van der Waals surface area (Å²) in [6, 6.07) is 5.04. The van der Waals surface area contributed by atoms with Gasteiger partial charge in [0.2, 0.25) is 0 Å². The maximum Gasteiger partial charge on any atom is 0.137 e. The summed E-state index contributed by atoms with van der Waals surface area (Å²) in [5.41, 5.74) is 6.29. The normalized spacial score (nSPS) is 10.5. The summed E-state index contributed by atoms with van der Waals surface area (Å²) in [4.78, 5) is 0. The van der Waals surface area contributed by atoms with E-state index < -0.39 is 0 Å². The SMILES string of the molecule is NCCCNCc1cccc(F)c1Br. The van der Waals surface area contributed by atoms with Crippen LogP contribution in [0.15, 0.2) is 22.7 Å². The highest BCUT2D eigenvalue weighted by molar-refractivity contribution is 9.10. The Kier molecular flexibility index (Phi) is 5.07. The summed E-state index contributed by atoms with van der Waals surface area (Å²) >= 11 is 3.21. The molecule has 0 aliphatic rings. The van der Waals surface area contributed by atoms with E-state index in [2.05, 4.69) is 21.2 Å². The molecule has 1 aromatic rings. The Labute approximate surface area is 91.8 Å². The molecular weight excluding hydrogens is 247 g/mol. The molecule has 1 aromatic carbocycles. The molecule has 0 heterocycles. The van der Waals surface area contributed by atoms with Gasteiger partial charge in [-0.25, -0.2) is 4.39 Å². The summed E-state index contributed by atoms with van der Waals surface area (Å²) in [6.45, 7) is 2.20. The second-order valence-corrected chi connectivity index (χ2v) is 3.82. The van der Waals surface area contributed by atoms with Gasteiger partial charge in [0.1, 0.15) is 5.82 Å². The number of halogens is 2. The first kappa shape index (κ1) is 11.6. The van der Waals surface area contributed by atoms with Crippen LogP contribution in [0, 0.1) is 5.82 Å². The maximum atomic E-state index is 13.1. The molecule has 0 fully saturated rings. The third kappa shape index (κ3) is 3.36. The first-order chi connectivity index (χ1) is 6.75. The van der Waals surface area contributed by atoms with Crippen molar-refractivity contribution in [2.24, 2.45) is 5.73 Å². The molecule has 0 spiro atoms. The fourth-order valence-electron chi connectivity index (χ4n) is 1.14. The van der Waals surface area contributed by atoms with Crippen molar-refractivity contribution >= 4 is 15.9 Å². The number of nitrogens with two attached hydrogens (primary N) is 1. The van der Waals surface area contributed by atoms with Crippen LogP contribution in [0.4, 0.5) is 4.39 Å². The number of hydrogen-bond acceptors (Lipinski definition) is 2. The predicted octanol–water partition coefficient (Wildman–Crippen LogP) is 2.03. The summed E-state index contributed by atoms with van der Waals surface area (Å²) in [5.74, 6) is -0.219. The fraction of sp³-hybridized carbons (Fsp3) is 0.400. The van der Waals surface area contributed by atoms with Crippen LogP contribution >= 0.6 is 15.9 Å². The number of rotatable bonds is 5. The van der Waals surface area contributed by atoms with E-state index in [1.54, 1.807) is 6.07 Å². The zero-order valence-electron chi connectivity index (χ0n) is 7.89. The monoisotopic (exact) mass is 260 g/mol. The molecule has 1 rings (SSSR count). The fourth-order valence-corrected chi connectivity index (χ4v) is 1.54. The summed E-state index contributed by atoms with van der Waals surface area (Å²) in [6.07, 6.45) is 0.937. The van der Waals surface area contributed by atoms with Crippen LogP contribution in [0.3, 0.4) is 0 Å². The quantitative estimate of drug-likeness (QED) is 0.796. The number of nitrogens with one attached hydrogen (secondary N) is 1. The lowest BCUT2D eigenvalue weighted by Gasteiger charge is -2.06. The first-order valence-corrected chi connectivity index (χ1v) is 5.38. The highest BCUT2D eigenvalue weighted by Crippen LogP contribution is 2.19. The highest BCUT2D eigenvalue weighted by atomic mass is 79.9. The van der Waals surface area contributed by atoms with Gasteiger partial charge in [-0.3, -0.25) is 0 Å². The molecule has 2 nitrogen and oxygen atoms in total. The van der Waals surface area contributed by atoms with Crippen molar-refractivity contribution in [3.05, 3.63) is 34.1 Å². The van der Waals surface area contributed by atoms with E-state index in [4.69, 9.17) is 5.73 Å². The molecule has 78 valence electrons. The van der Waals surface area contributed by atoms with Crippen LogP contribution in [0.5, 0.6) is 0 Å². The molecule has 0 aliphatic heterocycles. The molecular formula is C10H14BrFN2. The van der Waals surface area contributed by atoms with Crippen LogP contribution in [-0.2, 0) is 6.54 Å². The number of benzene rings is 1. The van der Waals surface area contributed by atoms with Crippen LogP contribution in [0.2, 0.25) is 0 Å². The van der Waals surface area contributed by atoms with E-state index in [0.717, 1.165) is 18.5 Å². The van der Waals surface area contributed by atoms with Crippen LogP contribution in [-0.4, -0.2) is 13.1 Å². The Morgan fingerprint density at radius 1 is 1.43 bits per heavy atom. The highest BCUT2D eigenvalue weighted by Gasteiger charge is 2.03. The molecule has 0 unspecified atom stereocenters. The van der Waals surface area contributed by atoms with Crippen molar-refractivity contribution in [2.75, 3.05) is 13.1 Å². The average Bonchev–Trinajstić information content (AvgIpc) is 2.19. The molecule has 4 heteroatoms. The Hall–Kier alpha value is -0.450. The minimum Gasteiger partial charge on any atom is -0.330 e. The van der Waals surface area contributed by atoms with Gasteiger partial charge in [0.25, 0.3) is 0 Å². The van der Waals surface area contributed by atoms with Crippen LogP contribution < -0.4 is 11.1 Å². The average molecular weight is 261 g/mol. The predicted molar refractivity (Wildman–Crippen MR) is 59.5 cm³/mol. The molecule has 0 bridgehead atoms. The van der Waals surface area contributed by atoms with E-state index in [0.29, 0.717) is 17.6 Å². The Balaban J connectivity index is 2.46. The van der Waals surface area contributed by atoms with Gasteiger partial charge in [-0.1, -0.05) is 12.1 Å². The van der Waals surface area contributed by atoms with Gasteiger partial charge < -0.3 is 11.1 Å². The van der Waals surface area contributed by atoms with Crippen molar-refractivity contribution in [2.45, 2.75) is 13.0 Å². The molecule has 0 atom stereocenters. The summed E-state index contributed by atoms with van der Waals surface area (Å²) in [7, 11) is 0. The second-order valence-electron chi connectivity index (χ2n) is 3.03. The third-order valence-electron chi connectivity index (χ3n) is 1.90. The molecule has 0 aliphatic carbocycles. The smallest absolute Gasteiger partial charge is 0.137 e. The summed E-state index contributed by atoms with van der Waals surface area (Å²) in [5, 5.41) is 3.19. The van der Waals surface area contributed by atoms with Crippen LogP contribution in [0.25, 0.3) is 0 Å². The van der Waals surface area contributed by atoms with E-state index in [1.165, 1.54) is 6.07 Å². The van der Waals surface area contributed by atoms with Crippen LogP contribution in [0.1, 0.15) is 12.0 Å². The molecule has 0 radical (unpaired) electrons. The van der Waals surface area contributed by atoms with E-state index in [1.807, 2.05) is 6.07 Å². The standard InChI is InChI=1S/C10H14BrFN2/c11-10-8(3-1-4-9(10)12)7-14-6-2-5-13/h1,3-4,14H,2,5-7,13H2. The van der Waals surface area contributed by atoms with Gasteiger partial charge in [0, 0.05) is 6.54 Å². The lowest BCUT2D eigenvalue weighted by molar-refractivity contribution is 0.609. The van der Waals surface area contributed by atoms with Gasteiger partial charge in [-0.05, 0) is 47.1 Å². The zero-order valence-corrected chi connectivity index (χ0v) is 9.48. The third-order valence-corrected chi connectivity index (χ3v) is 2.79. The van der Waals surface area contributed by atoms with Gasteiger partial charge in [-0.15, -0.1) is 0 Å². The lowest BCUT2D eigenvalue weighted by atomic mass is 10.2.